The van der Waals surface area contributed by atoms with Gasteiger partial charge in [0.25, 0.3) is 5.91 Å². The van der Waals surface area contributed by atoms with E-state index in [4.69, 9.17) is 5.11 Å². The lowest BCUT2D eigenvalue weighted by Gasteiger charge is -2.10. The molecule has 1 fully saturated rings. The summed E-state index contributed by atoms with van der Waals surface area (Å²) in [5.74, 6) is -1.43. The van der Waals surface area contributed by atoms with Gasteiger partial charge in [0, 0.05) is 17.3 Å². The maximum absolute atomic E-state index is 12.0. The molecule has 1 saturated carbocycles. The van der Waals surface area contributed by atoms with Crippen molar-refractivity contribution >= 4 is 35.2 Å². The van der Waals surface area contributed by atoms with Crippen LogP contribution in [0, 0.1) is 6.92 Å². The van der Waals surface area contributed by atoms with Gasteiger partial charge in [-0.1, -0.05) is 6.07 Å². The number of anilines is 1. The first kappa shape index (κ1) is 16.4. The zero-order valence-electron chi connectivity index (χ0n) is 12.2. The molecule has 6 nitrogen and oxygen atoms in total. The Hall–Kier alpha value is -2.02. The third-order valence-corrected chi connectivity index (χ3v) is 4.06. The van der Waals surface area contributed by atoms with Crippen molar-refractivity contribution in [2.24, 2.45) is 0 Å². The fourth-order valence-corrected chi connectivity index (χ4v) is 2.35. The van der Waals surface area contributed by atoms with E-state index in [0.717, 1.165) is 30.2 Å². The van der Waals surface area contributed by atoms with Gasteiger partial charge in [0.15, 0.2) is 0 Å². The van der Waals surface area contributed by atoms with E-state index in [9.17, 15) is 14.4 Å². The van der Waals surface area contributed by atoms with Crippen LogP contribution in [0.25, 0.3) is 0 Å². The van der Waals surface area contributed by atoms with E-state index in [1.165, 1.54) is 0 Å². The lowest BCUT2D eigenvalue weighted by molar-refractivity contribution is -0.133. The molecule has 0 aliphatic heterocycles. The van der Waals surface area contributed by atoms with Crippen molar-refractivity contribution in [1.82, 2.24) is 5.32 Å². The van der Waals surface area contributed by atoms with Crippen molar-refractivity contribution in [3.8, 4) is 0 Å². The van der Waals surface area contributed by atoms with Crippen LogP contribution in [0.4, 0.5) is 5.69 Å². The molecule has 0 saturated heterocycles. The molecule has 0 unspecified atom stereocenters. The minimum absolute atomic E-state index is 0.0598. The Bertz CT molecular complexity index is 599. The largest absolute Gasteiger partial charge is 0.481 e. The maximum Gasteiger partial charge on any atom is 0.313 e. The van der Waals surface area contributed by atoms with Gasteiger partial charge in [-0.2, -0.15) is 0 Å². The zero-order valence-corrected chi connectivity index (χ0v) is 13.0. The van der Waals surface area contributed by atoms with Crippen molar-refractivity contribution in [2.75, 3.05) is 16.8 Å². The quantitative estimate of drug-likeness (QED) is 0.709. The number of aliphatic carboxylic acids is 1. The first-order valence-corrected chi connectivity index (χ1v) is 8.12. The molecule has 1 aliphatic carbocycles. The summed E-state index contributed by atoms with van der Waals surface area (Å²) in [6.07, 6.45) is 2.03. The van der Waals surface area contributed by atoms with Crippen LogP contribution in [0.5, 0.6) is 0 Å². The normalized spacial score (nSPS) is 13.5. The van der Waals surface area contributed by atoms with Gasteiger partial charge in [0.05, 0.1) is 11.5 Å². The Labute approximate surface area is 132 Å². The number of carbonyl (C=O) groups excluding carboxylic acids is 2. The summed E-state index contributed by atoms with van der Waals surface area (Å²) in [6.45, 7) is 1.84. The molecule has 0 heterocycles. The Kier molecular flexibility index (Phi) is 5.43. The molecule has 2 rings (SSSR count). The monoisotopic (exact) mass is 322 g/mol. The predicted molar refractivity (Wildman–Crippen MR) is 85.3 cm³/mol. The van der Waals surface area contributed by atoms with Crippen LogP contribution in [0.15, 0.2) is 18.2 Å². The lowest BCUT2D eigenvalue weighted by Crippen LogP contribution is -2.25. The topological polar surface area (TPSA) is 95.5 Å². The molecule has 0 bridgehead atoms. The third-order valence-electron chi connectivity index (χ3n) is 3.15. The zero-order chi connectivity index (χ0) is 16.1. The van der Waals surface area contributed by atoms with E-state index in [-0.39, 0.29) is 29.4 Å². The highest BCUT2D eigenvalue weighted by atomic mass is 32.2. The van der Waals surface area contributed by atoms with E-state index in [0.29, 0.717) is 11.3 Å². The molecular formula is C15H18N2O4S. The fourth-order valence-electron chi connectivity index (χ4n) is 1.81. The van der Waals surface area contributed by atoms with Crippen LogP contribution >= 0.6 is 11.8 Å². The fraction of sp³-hybridized carbons (Fsp3) is 0.400. The highest BCUT2D eigenvalue weighted by Crippen LogP contribution is 2.21. The van der Waals surface area contributed by atoms with E-state index in [1.54, 1.807) is 18.2 Å². The van der Waals surface area contributed by atoms with Gasteiger partial charge in [0.2, 0.25) is 5.91 Å². The van der Waals surface area contributed by atoms with Crippen molar-refractivity contribution in [3.05, 3.63) is 29.3 Å². The number of thioether (sulfide) groups is 1. The second-order valence-electron chi connectivity index (χ2n) is 5.21. The SMILES string of the molecule is Cc1ccc(C(=O)NC2CC2)cc1NC(=O)CSCC(=O)O. The highest BCUT2D eigenvalue weighted by molar-refractivity contribution is 8.00. The number of nitrogens with one attached hydrogen (secondary N) is 2. The molecular weight excluding hydrogens is 304 g/mol. The summed E-state index contributed by atoms with van der Waals surface area (Å²) < 4.78 is 0. The summed E-state index contributed by atoms with van der Waals surface area (Å²) in [4.78, 5) is 34.2. The summed E-state index contributed by atoms with van der Waals surface area (Å²) in [5.41, 5.74) is 1.93. The molecule has 0 radical (unpaired) electrons. The summed E-state index contributed by atoms with van der Waals surface area (Å²) in [5, 5.41) is 14.1. The lowest BCUT2D eigenvalue weighted by atomic mass is 10.1. The molecule has 1 aromatic carbocycles. The molecule has 0 aromatic heterocycles. The predicted octanol–water partition coefficient (Wildman–Crippen LogP) is 1.64. The molecule has 22 heavy (non-hydrogen) atoms. The number of rotatable bonds is 7. The molecule has 0 spiro atoms. The van der Waals surface area contributed by atoms with Crippen LogP contribution in [-0.2, 0) is 9.59 Å². The van der Waals surface area contributed by atoms with E-state index in [1.807, 2.05) is 6.92 Å². The number of hydrogen-bond donors (Lipinski definition) is 3. The molecule has 3 N–H and O–H groups in total. The number of aryl methyl sites for hydroxylation is 1. The first-order chi connectivity index (χ1) is 10.5. The van der Waals surface area contributed by atoms with Gasteiger partial charge in [-0.3, -0.25) is 14.4 Å². The Morgan fingerprint density at radius 2 is 2.00 bits per heavy atom. The van der Waals surface area contributed by atoms with Crippen molar-refractivity contribution in [3.63, 3.8) is 0 Å². The van der Waals surface area contributed by atoms with Crippen molar-refractivity contribution in [2.45, 2.75) is 25.8 Å². The van der Waals surface area contributed by atoms with Crippen LogP contribution in [-0.4, -0.2) is 40.4 Å². The molecule has 1 aromatic rings. The number of benzene rings is 1. The summed E-state index contributed by atoms with van der Waals surface area (Å²) in [6, 6.07) is 5.43. The highest BCUT2D eigenvalue weighted by Gasteiger charge is 2.24. The number of amides is 2. The van der Waals surface area contributed by atoms with Crippen molar-refractivity contribution < 1.29 is 19.5 Å². The van der Waals surface area contributed by atoms with Gasteiger partial charge in [-0.05, 0) is 37.5 Å². The smallest absolute Gasteiger partial charge is 0.313 e. The maximum atomic E-state index is 12.0. The average molecular weight is 322 g/mol. The number of carboxylic acid groups (broad SMARTS) is 1. The average Bonchev–Trinajstić information content (AvgIpc) is 3.24. The van der Waals surface area contributed by atoms with Crippen molar-refractivity contribution in [1.29, 1.82) is 0 Å². The summed E-state index contributed by atoms with van der Waals surface area (Å²) in [7, 11) is 0. The summed E-state index contributed by atoms with van der Waals surface area (Å²) >= 11 is 1.03. The minimum atomic E-state index is -0.951. The van der Waals surface area contributed by atoms with Gasteiger partial charge in [0.1, 0.15) is 0 Å². The van der Waals surface area contributed by atoms with Gasteiger partial charge >= 0.3 is 5.97 Å². The van der Waals surface area contributed by atoms with Crippen LogP contribution in [0.3, 0.4) is 0 Å². The second-order valence-corrected chi connectivity index (χ2v) is 6.20. The molecule has 1 aliphatic rings. The van der Waals surface area contributed by atoms with Gasteiger partial charge in [-0.15, -0.1) is 11.8 Å². The first-order valence-electron chi connectivity index (χ1n) is 6.96. The van der Waals surface area contributed by atoms with E-state index in [2.05, 4.69) is 10.6 Å². The van der Waals surface area contributed by atoms with Gasteiger partial charge in [-0.25, -0.2) is 0 Å². The minimum Gasteiger partial charge on any atom is -0.481 e. The molecule has 118 valence electrons. The van der Waals surface area contributed by atoms with Crippen LogP contribution in [0.1, 0.15) is 28.8 Å². The van der Waals surface area contributed by atoms with Gasteiger partial charge < -0.3 is 15.7 Å². The number of carboxylic acids is 1. The second kappa shape index (κ2) is 7.31. The molecule has 7 heteroatoms. The Morgan fingerprint density at radius 1 is 1.27 bits per heavy atom. The van der Waals surface area contributed by atoms with Crippen LogP contribution in [0.2, 0.25) is 0 Å². The van der Waals surface area contributed by atoms with E-state index < -0.39 is 5.97 Å². The standard InChI is InChI=1S/C15H18N2O4S/c1-9-2-3-10(15(21)16-11-4-5-11)6-12(9)17-13(18)7-22-8-14(19)20/h2-3,6,11H,4-5,7-8H2,1H3,(H,16,21)(H,17,18)(H,19,20). The van der Waals surface area contributed by atoms with Crippen LogP contribution < -0.4 is 10.6 Å². The third kappa shape index (κ3) is 5.07. The Balaban J connectivity index is 1.95. The molecule has 2 amide bonds. The Morgan fingerprint density at radius 3 is 2.64 bits per heavy atom. The number of carbonyl (C=O) groups is 3. The van der Waals surface area contributed by atoms with E-state index >= 15 is 0 Å². The number of hydrogen-bond acceptors (Lipinski definition) is 4. The molecule has 0 atom stereocenters.